The van der Waals surface area contributed by atoms with Gasteiger partial charge in [0.1, 0.15) is 5.75 Å². The first-order chi connectivity index (χ1) is 12.0. The smallest absolute Gasteiger partial charge is 0.252 e. The summed E-state index contributed by atoms with van der Waals surface area (Å²) in [4.78, 5) is 12.6. The van der Waals surface area contributed by atoms with Crippen molar-refractivity contribution in [2.45, 2.75) is 19.4 Å². The molecule has 5 nitrogen and oxygen atoms in total. The second-order valence-electron chi connectivity index (χ2n) is 5.61. The zero-order valence-corrected chi connectivity index (χ0v) is 16.3. The summed E-state index contributed by atoms with van der Waals surface area (Å²) in [6.45, 7) is 1.97. The van der Waals surface area contributed by atoms with Gasteiger partial charge in [0.25, 0.3) is 5.91 Å². The molecule has 0 spiro atoms. The van der Waals surface area contributed by atoms with Gasteiger partial charge in [0, 0.05) is 10.5 Å². The van der Waals surface area contributed by atoms with Crippen molar-refractivity contribution >= 4 is 21.8 Å². The summed E-state index contributed by atoms with van der Waals surface area (Å²) in [5.74, 6) is 1.72. The van der Waals surface area contributed by atoms with E-state index in [0.29, 0.717) is 21.5 Å². The number of carbonyl (C=O) groups excluding carboxylic acids is 1. The van der Waals surface area contributed by atoms with Crippen molar-refractivity contribution in [1.29, 1.82) is 0 Å². The predicted molar refractivity (Wildman–Crippen MR) is 101 cm³/mol. The molecule has 0 fully saturated rings. The third kappa shape index (κ3) is 4.89. The second kappa shape index (κ2) is 8.76. The summed E-state index contributed by atoms with van der Waals surface area (Å²) < 4.78 is 16.3. The highest BCUT2D eigenvalue weighted by atomic mass is 79.9. The number of methoxy groups -OCH3 is 3. The number of rotatable bonds is 7. The Morgan fingerprint density at radius 3 is 2.20 bits per heavy atom. The minimum atomic E-state index is -0.172. The van der Waals surface area contributed by atoms with Crippen LogP contribution in [0.1, 0.15) is 22.8 Å². The molecule has 0 saturated carbocycles. The highest BCUT2D eigenvalue weighted by molar-refractivity contribution is 9.10. The van der Waals surface area contributed by atoms with Crippen LogP contribution in [0.3, 0.4) is 0 Å². The monoisotopic (exact) mass is 407 g/mol. The van der Waals surface area contributed by atoms with Crippen molar-refractivity contribution in [3.63, 3.8) is 0 Å². The van der Waals surface area contributed by atoms with Crippen LogP contribution >= 0.6 is 15.9 Å². The van der Waals surface area contributed by atoms with E-state index < -0.39 is 0 Å². The maximum absolute atomic E-state index is 12.6. The molecule has 0 aliphatic carbocycles. The fraction of sp³-hybridized carbons (Fsp3) is 0.316. The maximum atomic E-state index is 12.6. The lowest BCUT2D eigenvalue weighted by Gasteiger charge is -2.16. The standard InChI is InChI=1S/C19H22BrNO4/c1-12(9-13-5-7-14(23-2)8-6-13)21-19(22)15-10-17(24-3)18(25-4)11-16(15)20/h5-8,10-12H,9H2,1-4H3,(H,21,22). The zero-order chi connectivity index (χ0) is 18.4. The Bertz CT molecular complexity index is 731. The van der Waals surface area contributed by atoms with Gasteiger partial charge in [-0.25, -0.2) is 0 Å². The molecule has 2 aromatic rings. The minimum absolute atomic E-state index is 0.0270. The van der Waals surface area contributed by atoms with Gasteiger partial charge in [0.15, 0.2) is 11.5 Å². The fourth-order valence-electron chi connectivity index (χ4n) is 2.50. The van der Waals surface area contributed by atoms with Crippen LogP contribution in [-0.4, -0.2) is 33.3 Å². The highest BCUT2D eigenvalue weighted by Crippen LogP contribution is 2.33. The molecule has 0 aliphatic rings. The Morgan fingerprint density at radius 1 is 1.04 bits per heavy atom. The normalized spacial score (nSPS) is 11.6. The average molecular weight is 408 g/mol. The second-order valence-corrected chi connectivity index (χ2v) is 6.47. The Hall–Kier alpha value is -2.21. The summed E-state index contributed by atoms with van der Waals surface area (Å²) in [7, 11) is 4.74. The van der Waals surface area contributed by atoms with E-state index in [4.69, 9.17) is 14.2 Å². The molecule has 0 aromatic heterocycles. The van der Waals surface area contributed by atoms with E-state index >= 15 is 0 Å². The SMILES string of the molecule is COc1ccc(CC(C)NC(=O)c2cc(OC)c(OC)cc2Br)cc1. The molecule has 2 rings (SSSR count). The van der Waals surface area contributed by atoms with E-state index in [-0.39, 0.29) is 11.9 Å². The van der Waals surface area contributed by atoms with Crippen molar-refractivity contribution in [3.8, 4) is 17.2 Å². The fourth-order valence-corrected chi connectivity index (χ4v) is 3.00. The van der Waals surface area contributed by atoms with Gasteiger partial charge in [-0.05, 0) is 59.1 Å². The van der Waals surface area contributed by atoms with Crippen molar-refractivity contribution in [2.75, 3.05) is 21.3 Å². The first-order valence-electron chi connectivity index (χ1n) is 7.83. The van der Waals surface area contributed by atoms with Gasteiger partial charge in [0.2, 0.25) is 0 Å². The summed E-state index contributed by atoms with van der Waals surface area (Å²) in [6.07, 6.45) is 0.723. The molecule has 0 saturated heterocycles. The quantitative estimate of drug-likeness (QED) is 0.757. The van der Waals surface area contributed by atoms with Crippen LogP contribution in [0, 0.1) is 0 Å². The molecule has 2 aromatic carbocycles. The molecule has 1 amide bonds. The number of ether oxygens (including phenoxy) is 3. The van der Waals surface area contributed by atoms with E-state index in [9.17, 15) is 4.79 Å². The summed E-state index contributed by atoms with van der Waals surface area (Å²) in [5, 5.41) is 3.01. The first-order valence-corrected chi connectivity index (χ1v) is 8.63. The van der Waals surface area contributed by atoms with Crippen LogP contribution in [0.25, 0.3) is 0 Å². The molecule has 1 unspecified atom stereocenters. The van der Waals surface area contributed by atoms with E-state index in [1.165, 1.54) is 0 Å². The molecule has 25 heavy (non-hydrogen) atoms. The number of halogens is 1. The van der Waals surface area contributed by atoms with Crippen LogP contribution in [0.15, 0.2) is 40.9 Å². The topological polar surface area (TPSA) is 56.8 Å². The summed E-state index contributed by atoms with van der Waals surface area (Å²) in [5.41, 5.74) is 1.62. The zero-order valence-electron chi connectivity index (χ0n) is 14.8. The molecule has 0 radical (unpaired) electrons. The lowest BCUT2D eigenvalue weighted by molar-refractivity contribution is 0.0939. The van der Waals surface area contributed by atoms with E-state index in [2.05, 4.69) is 21.2 Å². The van der Waals surface area contributed by atoms with E-state index in [1.807, 2.05) is 31.2 Å². The highest BCUT2D eigenvalue weighted by Gasteiger charge is 2.17. The number of benzene rings is 2. The van der Waals surface area contributed by atoms with Crippen molar-refractivity contribution < 1.29 is 19.0 Å². The van der Waals surface area contributed by atoms with Crippen LogP contribution in [0.4, 0.5) is 0 Å². The average Bonchev–Trinajstić information content (AvgIpc) is 2.61. The number of nitrogens with one attached hydrogen (secondary N) is 1. The minimum Gasteiger partial charge on any atom is -0.497 e. The molecule has 0 aliphatic heterocycles. The van der Waals surface area contributed by atoms with Crippen LogP contribution in [0.5, 0.6) is 17.2 Å². The molecular formula is C19H22BrNO4. The third-order valence-electron chi connectivity index (χ3n) is 3.80. The number of amides is 1. The molecular weight excluding hydrogens is 386 g/mol. The largest absolute Gasteiger partial charge is 0.497 e. The van der Waals surface area contributed by atoms with Gasteiger partial charge in [-0.2, -0.15) is 0 Å². The summed E-state index contributed by atoms with van der Waals surface area (Å²) >= 11 is 3.41. The van der Waals surface area contributed by atoms with Gasteiger partial charge < -0.3 is 19.5 Å². The van der Waals surface area contributed by atoms with E-state index in [1.54, 1.807) is 33.5 Å². The van der Waals surface area contributed by atoms with Crippen LogP contribution in [0.2, 0.25) is 0 Å². The Kier molecular flexibility index (Phi) is 6.70. The lowest BCUT2D eigenvalue weighted by atomic mass is 10.1. The van der Waals surface area contributed by atoms with Gasteiger partial charge in [-0.1, -0.05) is 12.1 Å². The molecule has 1 N–H and O–H groups in total. The predicted octanol–water partition coefficient (Wildman–Crippen LogP) is 3.84. The Labute approximate surface area is 156 Å². The number of hydrogen-bond acceptors (Lipinski definition) is 4. The van der Waals surface area contributed by atoms with Crippen LogP contribution in [-0.2, 0) is 6.42 Å². The van der Waals surface area contributed by atoms with Crippen molar-refractivity contribution in [1.82, 2.24) is 5.32 Å². The number of carbonyl (C=O) groups is 1. The Morgan fingerprint density at radius 2 is 1.64 bits per heavy atom. The summed E-state index contributed by atoms with van der Waals surface area (Å²) in [6, 6.07) is 11.2. The van der Waals surface area contributed by atoms with Gasteiger partial charge in [0.05, 0.1) is 26.9 Å². The van der Waals surface area contributed by atoms with Crippen molar-refractivity contribution in [2.24, 2.45) is 0 Å². The van der Waals surface area contributed by atoms with Crippen molar-refractivity contribution in [3.05, 3.63) is 52.0 Å². The molecule has 6 heteroatoms. The Balaban J connectivity index is 2.07. The van der Waals surface area contributed by atoms with Gasteiger partial charge >= 0.3 is 0 Å². The molecule has 0 heterocycles. The maximum Gasteiger partial charge on any atom is 0.252 e. The van der Waals surface area contributed by atoms with E-state index in [0.717, 1.165) is 17.7 Å². The molecule has 1 atom stereocenters. The molecule has 134 valence electrons. The third-order valence-corrected chi connectivity index (χ3v) is 4.45. The van der Waals surface area contributed by atoms with Gasteiger partial charge in [-0.3, -0.25) is 4.79 Å². The molecule has 0 bridgehead atoms. The lowest BCUT2D eigenvalue weighted by Crippen LogP contribution is -2.34. The number of hydrogen-bond donors (Lipinski definition) is 1. The van der Waals surface area contributed by atoms with Gasteiger partial charge in [-0.15, -0.1) is 0 Å². The first kappa shape index (κ1) is 19.1. The van der Waals surface area contributed by atoms with Crippen LogP contribution < -0.4 is 19.5 Å².